The van der Waals surface area contributed by atoms with Gasteiger partial charge in [0, 0.05) is 18.8 Å². The van der Waals surface area contributed by atoms with E-state index in [1.165, 1.54) is 0 Å². The molecule has 0 bridgehead atoms. The van der Waals surface area contributed by atoms with E-state index in [1.54, 1.807) is 0 Å². The summed E-state index contributed by atoms with van der Waals surface area (Å²) in [7, 11) is 0. The van der Waals surface area contributed by atoms with Crippen LogP contribution in [-0.2, 0) is 0 Å². The van der Waals surface area contributed by atoms with Crippen molar-refractivity contribution in [3.63, 3.8) is 0 Å². The van der Waals surface area contributed by atoms with Gasteiger partial charge in [-0.1, -0.05) is 13.8 Å². The van der Waals surface area contributed by atoms with E-state index in [0.717, 1.165) is 19.3 Å². The van der Waals surface area contributed by atoms with Gasteiger partial charge in [0.2, 0.25) is 0 Å². The highest BCUT2D eigenvalue weighted by molar-refractivity contribution is 5.01. The lowest BCUT2D eigenvalue weighted by atomic mass is 10.2. The fraction of sp³-hybridized carbons (Fsp3) is 0.600. The maximum Gasteiger partial charge on any atom is 0.0146 e. The van der Waals surface area contributed by atoms with E-state index >= 15 is 0 Å². The highest BCUT2D eigenvalue weighted by Crippen LogP contribution is 1.92. The Balaban J connectivity index is 3.22. The number of hydrogen-bond acceptors (Lipinski definition) is 0. The lowest BCUT2D eigenvalue weighted by Gasteiger charge is -1.87. The van der Waals surface area contributed by atoms with Crippen molar-refractivity contribution >= 4 is 0 Å². The van der Waals surface area contributed by atoms with Gasteiger partial charge in [-0.05, 0) is 6.42 Å². The van der Waals surface area contributed by atoms with Crippen LogP contribution in [0.25, 0.3) is 0 Å². The first-order valence-electron chi connectivity index (χ1n) is 3.69. The third kappa shape index (κ3) is 7.12. The molecule has 0 spiro atoms. The topological polar surface area (TPSA) is 0 Å². The molecule has 0 aliphatic carbocycles. The smallest absolute Gasteiger partial charge is 0.0146 e. The quantitative estimate of drug-likeness (QED) is 0.402. The van der Waals surface area contributed by atoms with Gasteiger partial charge in [0.15, 0.2) is 0 Å². The van der Waals surface area contributed by atoms with Gasteiger partial charge in [-0.2, -0.15) is 0 Å². The van der Waals surface area contributed by atoms with Crippen LogP contribution in [0, 0.1) is 30.1 Å². The third-order valence-corrected chi connectivity index (χ3v) is 1.01. The van der Waals surface area contributed by atoms with Crippen molar-refractivity contribution in [2.45, 2.75) is 33.1 Å². The summed E-state index contributed by atoms with van der Waals surface area (Å²) in [6, 6.07) is 0. The van der Waals surface area contributed by atoms with E-state index < -0.39 is 0 Å². The number of unbranched alkanes of at least 4 members (excludes halogenated alkanes) is 2. The second-order valence-corrected chi connectivity index (χ2v) is 2.53. The Kier molecular flexibility index (Phi) is 5.69. The first-order valence-corrected chi connectivity index (χ1v) is 3.69. The average Bonchev–Trinajstić information content (AvgIpc) is 1.87. The molecule has 0 nitrogen and oxygen atoms in total. The van der Waals surface area contributed by atoms with Crippen molar-refractivity contribution in [2.24, 2.45) is 5.92 Å². The minimum Gasteiger partial charge on any atom is -0.120 e. The normalized spacial score (nSPS) is 8.20. The minimum atomic E-state index is 0.492. The molecule has 0 atom stereocenters. The van der Waals surface area contributed by atoms with Crippen molar-refractivity contribution in [1.29, 1.82) is 0 Å². The lowest BCUT2D eigenvalue weighted by molar-refractivity contribution is 0.855. The van der Waals surface area contributed by atoms with E-state index in [0.29, 0.717) is 5.92 Å². The molecule has 0 saturated heterocycles. The summed E-state index contributed by atoms with van der Waals surface area (Å²) in [6.45, 7) is 4.18. The van der Waals surface area contributed by atoms with E-state index in [4.69, 9.17) is 6.42 Å². The Hall–Kier alpha value is -0.880. The fourth-order valence-corrected chi connectivity index (χ4v) is 0.555. The van der Waals surface area contributed by atoms with E-state index in [2.05, 4.69) is 31.6 Å². The Morgan fingerprint density at radius 3 is 2.50 bits per heavy atom. The zero-order valence-corrected chi connectivity index (χ0v) is 6.78. The van der Waals surface area contributed by atoms with Gasteiger partial charge in [0.25, 0.3) is 0 Å². The molecule has 0 aliphatic rings. The van der Waals surface area contributed by atoms with Gasteiger partial charge in [0.05, 0.1) is 0 Å². The summed E-state index contributed by atoms with van der Waals surface area (Å²) in [6.07, 6.45) is 7.91. The molecule has 0 aromatic carbocycles. The second kappa shape index (κ2) is 6.24. The highest BCUT2D eigenvalue weighted by Gasteiger charge is 1.81. The largest absolute Gasteiger partial charge is 0.120 e. The Morgan fingerprint density at radius 1 is 1.30 bits per heavy atom. The summed E-state index contributed by atoms with van der Waals surface area (Å²) < 4.78 is 0. The summed E-state index contributed by atoms with van der Waals surface area (Å²) in [5, 5.41) is 0. The number of hydrogen-bond donors (Lipinski definition) is 0. The number of terminal acetylenes is 1. The minimum absolute atomic E-state index is 0.492. The van der Waals surface area contributed by atoms with Crippen molar-refractivity contribution in [2.75, 3.05) is 0 Å². The fourth-order valence-electron chi connectivity index (χ4n) is 0.555. The van der Waals surface area contributed by atoms with Crippen LogP contribution in [0.5, 0.6) is 0 Å². The predicted octanol–water partition coefficient (Wildman–Crippen LogP) is 2.45. The molecule has 0 heteroatoms. The van der Waals surface area contributed by atoms with E-state index in [-0.39, 0.29) is 0 Å². The highest BCUT2D eigenvalue weighted by atomic mass is 13.9. The molecule has 0 aliphatic heterocycles. The molecule has 0 unspecified atom stereocenters. The zero-order chi connectivity index (χ0) is 7.82. The molecule has 0 rings (SSSR count). The Labute approximate surface area is 64.0 Å². The SMILES string of the molecule is C#CCCCC#CC(C)C. The van der Waals surface area contributed by atoms with Gasteiger partial charge >= 0.3 is 0 Å². The van der Waals surface area contributed by atoms with Crippen LogP contribution in [-0.4, -0.2) is 0 Å². The molecule has 0 amide bonds. The standard InChI is InChI=1S/C10H14/c1-4-5-6-7-8-9-10(2)3/h1,10H,5-7H2,2-3H3. The first-order chi connectivity index (χ1) is 4.77. The van der Waals surface area contributed by atoms with Gasteiger partial charge in [-0.25, -0.2) is 0 Å². The summed E-state index contributed by atoms with van der Waals surface area (Å²) >= 11 is 0. The molecule has 0 fully saturated rings. The lowest BCUT2D eigenvalue weighted by Crippen LogP contribution is -1.77. The summed E-state index contributed by atoms with van der Waals surface area (Å²) in [5.74, 6) is 9.24. The molecule has 10 heavy (non-hydrogen) atoms. The van der Waals surface area contributed by atoms with Gasteiger partial charge in [0.1, 0.15) is 0 Å². The summed E-state index contributed by atoms with van der Waals surface area (Å²) in [5.41, 5.74) is 0. The van der Waals surface area contributed by atoms with Crippen LogP contribution in [0.3, 0.4) is 0 Å². The van der Waals surface area contributed by atoms with E-state index in [1.807, 2.05) is 0 Å². The maximum atomic E-state index is 5.07. The number of rotatable bonds is 2. The van der Waals surface area contributed by atoms with Gasteiger partial charge in [-0.15, -0.1) is 24.2 Å². The molecule has 0 aromatic heterocycles. The molecule has 0 radical (unpaired) electrons. The third-order valence-electron chi connectivity index (χ3n) is 1.01. The molecule has 0 heterocycles. The van der Waals surface area contributed by atoms with Crippen LogP contribution in [0.4, 0.5) is 0 Å². The summed E-state index contributed by atoms with van der Waals surface area (Å²) in [4.78, 5) is 0. The maximum absolute atomic E-state index is 5.07. The van der Waals surface area contributed by atoms with E-state index in [9.17, 15) is 0 Å². The van der Waals surface area contributed by atoms with Crippen molar-refractivity contribution in [3.8, 4) is 24.2 Å². The molecule has 0 N–H and O–H groups in total. The van der Waals surface area contributed by atoms with Crippen LogP contribution in [0.15, 0.2) is 0 Å². The van der Waals surface area contributed by atoms with Crippen molar-refractivity contribution in [3.05, 3.63) is 0 Å². The van der Waals surface area contributed by atoms with Crippen LogP contribution < -0.4 is 0 Å². The Morgan fingerprint density at radius 2 is 2.00 bits per heavy atom. The Bertz CT molecular complexity index is 159. The van der Waals surface area contributed by atoms with Crippen LogP contribution >= 0.6 is 0 Å². The van der Waals surface area contributed by atoms with Crippen LogP contribution in [0.1, 0.15) is 33.1 Å². The first kappa shape index (κ1) is 9.12. The van der Waals surface area contributed by atoms with Crippen LogP contribution in [0.2, 0.25) is 0 Å². The van der Waals surface area contributed by atoms with Gasteiger partial charge < -0.3 is 0 Å². The second-order valence-electron chi connectivity index (χ2n) is 2.53. The van der Waals surface area contributed by atoms with Crippen molar-refractivity contribution < 1.29 is 0 Å². The molecular weight excluding hydrogens is 120 g/mol. The van der Waals surface area contributed by atoms with Gasteiger partial charge in [-0.3, -0.25) is 0 Å². The molecular formula is C10H14. The zero-order valence-electron chi connectivity index (χ0n) is 6.78. The predicted molar refractivity (Wildman–Crippen MR) is 45.3 cm³/mol. The monoisotopic (exact) mass is 134 g/mol. The molecule has 0 aromatic rings. The molecule has 54 valence electrons. The van der Waals surface area contributed by atoms with Crippen molar-refractivity contribution in [1.82, 2.24) is 0 Å². The average molecular weight is 134 g/mol. The molecule has 0 saturated carbocycles.